The number of thioether (sulfide) groups is 1. The number of nitrogens with one attached hydrogen (secondary N) is 2. The minimum Gasteiger partial charge on any atom is -0.497 e. The molecule has 3 amide bonds. The van der Waals surface area contributed by atoms with Gasteiger partial charge in [0.15, 0.2) is 12.7 Å². The second kappa shape index (κ2) is 15.0. The third-order valence-corrected chi connectivity index (χ3v) is 9.89. The largest absolute Gasteiger partial charge is 0.497 e. The molecule has 1 aliphatic rings. The van der Waals surface area contributed by atoms with Crippen LogP contribution in [-0.2, 0) is 27.3 Å². The zero-order valence-electron chi connectivity index (χ0n) is 27.7. The van der Waals surface area contributed by atoms with Crippen LogP contribution in [-0.4, -0.2) is 70.3 Å². The summed E-state index contributed by atoms with van der Waals surface area (Å²) in [6.45, 7) is 11.7. The fourth-order valence-electron chi connectivity index (χ4n) is 5.82. The maximum Gasteiger partial charge on any atom is 0.258 e. The summed E-state index contributed by atoms with van der Waals surface area (Å²) in [5.74, 6) is 0.104. The van der Waals surface area contributed by atoms with Crippen molar-refractivity contribution in [2.45, 2.75) is 77.4 Å². The van der Waals surface area contributed by atoms with Crippen LogP contribution in [0.25, 0.3) is 0 Å². The van der Waals surface area contributed by atoms with E-state index < -0.39 is 34.7 Å². The van der Waals surface area contributed by atoms with Gasteiger partial charge >= 0.3 is 0 Å². The molecule has 0 bridgehead atoms. The number of rotatable bonds is 12. The minimum absolute atomic E-state index is 0.167. The highest BCUT2D eigenvalue weighted by Gasteiger charge is 2.49. The molecule has 10 heteroatoms. The molecule has 3 N–H and O–H groups in total. The van der Waals surface area contributed by atoms with Gasteiger partial charge in [-0.2, -0.15) is 0 Å². The van der Waals surface area contributed by atoms with Gasteiger partial charge in [-0.05, 0) is 93.5 Å². The summed E-state index contributed by atoms with van der Waals surface area (Å²) in [6.07, 6.45) is -1.45. The van der Waals surface area contributed by atoms with Gasteiger partial charge in [-0.25, -0.2) is 0 Å². The van der Waals surface area contributed by atoms with Crippen LogP contribution in [0.5, 0.6) is 11.5 Å². The van der Waals surface area contributed by atoms with Crippen molar-refractivity contribution in [2.75, 3.05) is 19.6 Å². The van der Waals surface area contributed by atoms with Gasteiger partial charge in [-0.15, -0.1) is 11.8 Å². The highest BCUT2D eigenvalue weighted by Crippen LogP contribution is 2.40. The number of aryl methyl sites for hydroxylation is 4. The van der Waals surface area contributed by atoms with Gasteiger partial charge in [0.05, 0.1) is 19.0 Å². The summed E-state index contributed by atoms with van der Waals surface area (Å²) >= 11 is 1.47. The van der Waals surface area contributed by atoms with Gasteiger partial charge in [0, 0.05) is 11.3 Å². The molecule has 1 aliphatic heterocycles. The average molecular weight is 648 g/mol. The summed E-state index contributed by atoms with van der Waals surface area (Å²) in [4.78, 5) is 42.3. The smallest absolute Gasteiger partial charge is 0.258 e. The maximum atomic E-state index is 14.0. The lowest BCUT2D eigenvalue weighted by Gasteiger charge is -2.33. The van der Waals surface area contributed by atoms with E-state index in [0.29, 0.717) is 18.0 Å². The molecule has 0 aromatic heterocycles. The van der Waals surface area contributed by atoms with Crippen LogP contribution >= 0.6 is 11.8 Å². The molecule has 1 fully saturated rings. The van der Waals surface area contributed by atoms with E-state index in [0.717, 1.165) is 33.4 Å². The van der Waals surface area contributed by atoms with E-state index in [-0.39, 0.29) is 24.8 Å². The lowest BCUT2D eigenvalue weighted by molar-refractivity contribution is -0.148. The first-order chi connectivity index (χ1) is 21.8. The Hall–Kier alpha value is -4.02. The van der Waals surface area contributed by atoms with Crippen LogP contribution in [0.3, 0.4) is 0 Å². The van der Waals surface area contributed by atoms with Gasteiger partial charge in [-0.1, -0.05) is 48.5 Å². The fourth-order valence-corrected chi connectivity index (χ4v) is 6.97. The van der Waals surface area contributed by atoms with Crippen LogP contribution in [0.1, 0.15) is 47.2 Å². The Morgan fingerprint density at radius 3 is 2.13 bits per heavy atom. The monoisotopic (exact) mass is 647 g/mol. The lowest BCUT2D eigenvalue weighted by atomic mass is 9.96. The first-order valence-corrected chi connectivity index (χ1v) is 16.4. The molecule has 3 atom stereocenters. The quantitative estimate of drug-likeness (QED) is 0.267. The molecule has 0 saturated carbocycles. The number of benzene rings is 3. The number of carbonyl (C=O) groups is 3. The van der Waals surface area contributed by atoms with Gasteiger partial charge in [-0.3, -0.25) is 14.4 Å². The van der Waals surface area contributed by atoms with Crippen molar-refractivity contribution in [3.05, 3.63) is 94.0 Å². The second-order valence-electron chi connectivity index (χ2n) is 12.4. The molecular weight excluding hydrogens is 602 g/mol. The predicted octanol–water partition coefficient (Wildman–Crippen LogP) is 4.39. The molecule has 9 nitrogen and oxygen atoms in total. The van der Waals surface area contributed by atoms with E-state index in [4.69, 9.17) is 9.47 Å². The molecule has 0 radical (unpaired) electrons. The first kappa shape index (κ1) is 34.8. The summed E-state index contributed by atoms with van der Waals surface area (Å²) in [7, 11) is 1.57. The van der Waals surface area contributed by atoms with E-state index in [9.17, 15) is 19.5 Å². The van der Waals surface area contributed by atoms with Crippen LogP contribution < -0.4 is 20.1 Å². The van der Waals surface area contributed by atoms with Crippen LogP contribution in [0.2, 0.25) is 0 Å². The van der Waals surface area contributed by atoms with Crippen molar-refractivity contribution in [3.63, 3.8) is 0 Å². The number of carbonyl (C=O) groups excluding carboxylic acids is 3. The molecule has 3 aromatic carbocycles. The molecular formula is C36H45N3O6S. The zero-order valence-corrected chi connectivity index (χ0v) is 28.5. The number of aliphatic hydroxyl groups excluding tert-OH is 1. The standard InChI is InChI=1S/C36H45N3O6S/c1-22-10-8-11-23(2)28(22)19-37-34(42)33-36(5,6)46-21-39(33)35(43)31(41)29(18-26-14-16-27(44-7)17-15-26)38-30(40)20-45-32-24(3)12-9-13-25(32)4/h8-17,29,31,33,41H,18-21H2,1-7H3,(H,37,42)(H,38,40)/t29-,31-,33?/m0/s1. The van der Waals surface area contributed by atoms with Crippen molar-refractivity contribution in [1.82, 2.24) is 15.5 Å². The van der Waals surface area contributed by atoms with Gasteiger partial charge in [0.1, 0.15) is 17.5 Å². The maximum absolute atomic E-state index is 14.0. The number of ether oxygens (including phenoxy) is 2. The number of para-hydroxylation sites is 1. The Labute approximate surface area is 276 Å². The van der Waals surface area contributed by atoms with Crippen molar-refractivity contribution in [1.29, 1.82) is 0 Å². The summed E-state index contributed by atoms with van der Waals surface area (Å²) in [5.41, 5.74) is 5.75. The number of hydrogen-bond acceptors (Lipinski definition) is 7. The van der Waals surface area contributed by atoms with Crippen molar-refractivity contribution >= 4 is 29.5 Å². The Balaban J connectivity index is 1.52. The molecule has 3 aromatic rings. The normalized spacial score (nSPS) is 16.8. The summed E-state index contributed by atoms with van der Waals surface area (Å²) in [5, 5.41) is 17.4. The van der Waals surface area contributed by atoms with Crippen molar-refractivity contribution in [3.8, 4) is 11.5 Å². The molecule has 46 heavy (non-hydrogen) atoms. The fraction of sp³-hybridized carbons (Fsp3) is 0.417. The van der Waals surface area contributed by atoms with Crippen LogP contribution in [0.15, 0.2) is 60.7 Å². The molecule has 1 unspecified atom stereocenters. The minimum atomic E-state index is -1.62. The summed E-state index contributed by atoms with van der Waals surface area (Å²) in [6, 6.07) is 17.1. The molecule has 1 heterocycles. The molecule has 1 saturated heterocycles. The first-order valence-electron chi connectivity index (χ1n) is 15.4. The lowest BCUT2D eigenvalue weighted by Crippen LogP contribution is -2.59. The number of methoxy groups -OCH3 is 1. The zero-order chi connectivity index (χ0) is 33.6. The molecule has 246 valence electrons. The highest BCUT2D eigenvalue weighted by atomic mass is 32.2. The number of nitrogens with zero attached hydrogens (tertiary/aromatic N) is 1. The summed E-state index contributed by atoms with van der Waals surface area (Å²) < 4.78 is 10.5. The number of amides is 3. The SMILES string of the molecule is COc1ccc(C[C@H](NC(=O)COc2c(C)cccc2C)[C@H](O)C(=O)N2CSC(C)(C)C2C(=O)NCc2c(C)cccc2C)cc1. The molecule has 0 spiro atoms. The Morgan fingerprint density at radius 1 is 0.957 bits per heavy atom. The molecule has 4 rings (SSSR count). The van der Waals surface area contributed by atoms with Crippen molar-refractivity contribution < 1.29 is 29.0 Å². The number of hydrogen-bond donors (Lipinski definition) is 3. The van der Waals surface area contributed by atoms with E-state index in [2.05, 4.69) is 10.6 Å². The Bertz CT molecular complexity index is 1520. The third kappa shape index (κ3) is 8.22. The third-order valence-electron chi connectivity index (χ3n) is 8.51. The van der Waals surface area contributed by atoms with Gasteiger partial charge < -0.3 is 30.1 Å². The second-order valence-corrected chi connectivity index (χ2v) is 14.0. The predicted molar refractivity (Wildman–Crippen MR) is 181 cm³/mol. The van der Waals surface area contributed by atoms with Gasteiger partial charge in [0.2, 0.25) is 5.91 Å². The Morgan fingerprint density at radius 2 is 1.54 bits per heavy atom. The van der Waals surface area contributed by atoms with Crippen LogP contribution in [0, 0.1) is 27.7 Å². The van der Waals surface area contributed by atoms with E-state index in [1.54, 1.807) is 19.2 Å². The van der Waals surface area contributed by atoms with E-state index in [1.165, 1.54) is 16.7 Å². The van der Waals surface area contributed by atoms with Crippen molar-refractivity contribution in [2.24, 2.45) is 0 Å². The number of aliphatic hydroxyl groups is 1. The van der Waals surface area contributed by atoms with Crippen LogP contribution in [0.4, 0.5) is 0 Å². The van der Waals surface area contributed by atoms with E-state index in [1.807, 2.05) is 90.1 Å². The van der Waals surface area contributed by atoms with E-state index >= 15 is 0 Å². The topological polar surface area (TPSA) is 117 Å². The van der Waals surface area contributed by atoms with Gasteiger partial charge in [0.25, 0.3) is 11.8 Å². The molecule has 0 aliphatic carbocycles. The Kier molecular flexibility index (Phi) is 11.4. The average Bonchev–Trinajstić information content (AvgIpc) is 3.34. The highest BCUT2D eigenvalue weighted by molar-refractivity contribution is 8.00.